The molecule has 1 N–H and O–H groups in total. The second kappa shape index (κ2) is 7.47. The van der Waals surface area contributed by atoms with E-state index in [9.17, 15) is 24.0 Å². The first-order chi connectivity index (χ1) is 11.2. The Morgan fingerprint density at radius 2 is 2.04 bits per heavy atom. The zero-order valence-electron chi connectivity index (χ0n) is 13.1. The van der Waals surface area contributed by atoms with Gasteiger partial charge in [0.05, 0.1) is 17.9 Å². The second-order valence-corrected chi connectivity index (χ2v) is 6.69. The van der Waals surface area contributed by atoms with Crippen molar-refractivity contribution < 1.29 is 23.1 Å². The molecule has 0 fully saturated rings. The van der Waals surface area contributed by atoms with Gasteiger partial charge in [0.1, 0.15) is 23.9 Å². The summed E-state index contributed by atoms with van der Waals surface area (Å²) in [5, 5.41) is 27.2. The first kappa shape index (κ1) is 18.7. The van der Waals surface area contributed by atoms with Crippen LogP contribution in [0.5, 0.6) is 0 Å². The van der Waals surface area contributed by atoms with E-state index in [-0.39, 0.29) is 24.0 Å². The number of ether oxygens (including phenoxy) is 1. The summed E-state index contributed by atoms with van der Waals surface area (Å²) < 4.78 is 33.4. The van der Waals surface area contributed by atoms with Gasteiger partial charge in [-0.15, -0.1) is 11.8 Å². The molecule has 0 radical (unpaired) electrons. The predicted molar refractivity (Wildman–Crippen MR) is 87.5 cm³/mol. The van der Waals surface area contributed by atoms with Crippen LogP contribution in [0, 0.1) is 28.0 Å². The Bertz CT molecular complexity index is 629. The van der Waals surface area contributed by atoms with E-state index in [1.165, 1.54) is 5.41 Å². The van der Waals surface area contributed by atoms with Crippen LogP contribution >= 0.6 is 11.8 Å². The van der Waals surface area contributed by atoms with Crippen LogP contribution in [0.4, 0.5) is 19.3 Å². The van der Waals surface area contributed by atoms with Gasteiger partial charge in [0.25, 0.3) is 0 Å². The summed E-state index contributed by atoms with van der Waals surface area (Å²) in [6.07, 6.45) is -0.0446. The number of hydroxylamine groups is 4. The summed E-state index contributed by atoms with van der Waals surface area (Å²) in [6, 6.07) is 0.276. The van der Waals surface area contributed by atoms with Crippen molar-refractivity contribution in [2.24, 2.45) is 5.92 Å². The fraction of sp³-hybridized carbons (Fsp3) is 0.400. The minimum Gasteiger partial charge on any atom is -0.626 e. The number of hydrogen-bond acceptors (Lipinski definition) is 5. The van der Waals surface area contributed by atoms with Crippen LogP contribution in [-0.4, -0.2) is 23.3 Å². The maximum Gasteiger partial charge on any atom is 0.411 e. The van der Waals surface area contributed by atoms with Crippen LogP contribution in [0.15, 0.2) is 23.7 Å². The topological polar surface area (TPSA) is 84.5 Å². The van der Waals surface area contributed by atoms with E-state index in [0.717, 1.165) is 30.1 Å². The number of hydrogen-bond donors (Lipinski definition) is 1. The molecule has 0 aromatic heterocycles. The molecule has 1 aromatic rings. The Labute approximate surface area is 142 Å². The summed E-state index contributed by atoms with van der Waals surface area (Å²) in [5.74, 6) is -2.06. The molecule has 0 saturated carbocycles. The van der Waals surface area contributed by atoms with Crippen LogP contribution in [0.3, 0.4) is 0 Å². The molecule has 1 aromatic carbocycles. The van der Waals surface area contributed by atoms with E-state index in [1.54, 1.807) is 0 Å². The van der Waals surface area contributed by atoms with Crippen molar-refractivity contribution in [3.05, 3.63) is 51.4 Å². The van der Waals surface area contributed by atoms with E-state index in [1.807, 2.05) is 13.8 Å². The smallest absolute Gasteiger partial charge is 0.411 e. The Hall–Kier alpha value is -1.68. The fourth-order valence-corrected chi connectivity index (χ4v) is 3.04. The number of benzene rings is 1. The van der Waals surface area contributed by atoms with Crippen molar-refractivity contribution >= 4 is 23.5 Å². The number of quaternary nitrogens is 1. The number of rotatable bonds is 4. The largest absolute Gasteiger partial charge is 0.626 e. The van der Waals surface area contributed by atoms with Crippen molar-refractivity contribution in [3.63, 3.8) is 0 Å². The van der Waals surface area contributed by atoms with Crippen LogP contribution < -0.4 is 5.32 Å². The number of carbonyl (C=O) groups excluding carboxylic acids is 1. The molecule has 132 valence electrons. The maximum atomic E-state index is 14.3. The van der Waals surface area contributed by atoms with Crippen LogP contribution in [0.1, 0.15) is 25.5 Å². The van der Waals surface area contributed by atoms with Crippen molar-refractivity contribution in [2.45, 2.75) is 19.9 Å². The Balaban J connectivity index is 2.20. The van der Waals surface area contributed by atoms with E-state index in [0.29, 0.717) is 0 Å². The number of anilines is 1. The van der Waals surface area contributed by atoms with Gasteiger partial charge in [0.2, 0.25) is 0 Å². The summed E-state index contributed by atoms with van der Waals surface area (Å²) in [5.41, 5.74) is -0.741. The van der Waals surface area contributed by atoms with Crippen LogP contribution in [0.25, 0.3) is 0 Å². The number of carbonyl (C=O) groups is 1. The number of thioether (sulfide) groups is 1. The third-order valence-corrected chi connectivity index (χ3v) is 4.08. The average molecular weight is 359 g/mol. The van der Waals surface area contributed by atoms with Crippen LogP contribution in [-0.2, 0) is 4.74 Å². The zero-order chi connectivity index (χ0) is 17.9. The van der Waals surface area contributed by atoms with Gasteiger partial charge in [-0.05, 0) is 18.1 Å². The lowest BCUT2D eigenvalue weighted by Gasteiger charge is -2.51. The summed E-state index contributed by atoms with van der Waals surface area (Å²) in [6.45, 7) is 3.84. The van der Waals surface area contributed by atoms with Gasteiger partial charge in [-0.2, -0.15) is 0 Å². The Morgan fingerprint density at radius 3 is 2.58 bits per heavy atom. The molecule has 1 aliphatic rings. The summed E-state index contributed by atoms with van der Waals surface area (Å²) in [4.78, 5) is 9.40. The van der Waals surface area contributed by atoms with E-state index in [2.05, 4.69) is 5.32 Å². The van der Waals surface area contributed by atoms with Crippen molar-refractivity contribution in [1.29, 1.82) is 0 Å². The standard InChI is InChI=1S/C15H17F2N2O4S/c1-9(2)7-23-15(20)18-10-5-11(16)14(12(17)6-10)13-8-24-4-3-19(13,21)22/h3-6,9,13H,7-8H2,1-2H3,(H,18,20)/q-1. The molecular weight excluding hydrogens is 342 g/mol. The Kier molecular flexibility index (Phi) is 5.81. The fourth-order valence-electron chi connectivity index (χ4n) is 2.12. The van der Waals surface area contributed by atoms with Gasteiger partial charge in [0, 0.05) is 11.1 Å². The molecule has 1 unspecified atom stereocenters. The lowest BCUT2D eigenvalue weighted by molar-refractivity contribution is -0.808. The SMILES string of the molecule is CC(C)COC(=O)Nc1cc(F)c(C2CSC=C[N+]2([O-])[O-])c(F)c1. The molecule has 6 nitrogen and oxygen atoms in total. The molecule has 0 spiro atoms. The number of nitrogens with one attached hydrogen (secondary N) is 1. The molecule has 1 atom stereocenters. The number of halogens is 2. The summed E-state index contributed by atoms with van der Waals surface area (Å²) >= 11 is 1.12. The minimum atomic E-state index is -2.13. The quantitative estimate of drug-likeness (QED) is 0.642. The van der Waals surface area contributed by atoms with Gasteiger partial charge in [-0.25, -0.2) is 13.6 Å². The number of nitrogens with zero attached hydrogens (tertiary/aromatic N) is 1. The van der Waals surface area contributed by atoms with E-state index in [4.69, 9.17) is 4.74 Å². The average Bonchev–Trinajstić information content (AvgIpc) is 2.46. The number of amides is 1. The van der Waals surface area contributed by atoms with Gasteiger partial charge in [-0.3, -0.25) is 5.32 Å². The monoisotopic (exact) mass is 359 g/mol. The minimum absolute atomic E-state index is 0.0411. The third kappa shape index (κ3) is 4.44. The Morgan fingerprint density at radius 1 is 1.42 bits per heavy atom. The van der Waals surface area contributed by atoms with Gasteiger partial charge < -0.3 is 20.0 Å². The normalized spacial score (nSPS) is 19.4. The highest BCUT2D eigenvalue weighted by molar-refractivity contribution is 8.02. The molecule has 1 amide bonds. The van der Waals surface area contributed by atoms with Crippen molar-refractivity contribution in [3.8, 4) is 0 Å². The molecule has 1 aliphatic heterocycles. The first-order valence-electron chi connectivity index (χ1n) is 7.23. The first-order valence-corrected chi connectivity index (χ1v) is 8.28. The molecule has 9 heteroatoms. The highest BCUT2D eigenvalue weighted by Crippen LogP contribution is 2.38. The van der Waals surface area contributed by atoms with E-state index < -0.39 is 34.1 Å². The molecule has 0 aliphatic carbocycles. The van der Waals surface area contributed by atoms with E-state index >= 15 is 0 Å². The maximum absolute atomic E-state index is 14.3. The molecular formula is C15H17F2N2O4S-. The highest BCUT2D eigenvalue weighted by atomic mass is 32.2. The molecule has 0 saturated heterocycles. The van der Waals surface area contributed by atoms with Crippen molar-refractivity contribution in [1.82, 2.24) is 0 Å². The van der Waals surface area contributed by atoms with Crippen LogP contribution in [0.2, 0.25) is 0 Å². The highest BCUT2D eigenvalue weighted by Gasteiger charge is 2.31. The third-order valence-electron chi connectivity index (χ3n) is 3.26. The second-order valence-electron chi connectivity index (χ2n) is 5.75. The molecule has 1 heterocycles. The lowest BCUT2D eigenvalue weighted by Crippen LogP contribution is -2.38. The molecule has 2 rings (SSSR count). The summed E-state index contributed by atoms with van der Waals surface area (Å²) in [7, 11) is 0. The van der Waals surface area contributed by atoms with Gasteiger partial charge in [0.15, 0.2) is 0 Å². The molecule has 24 heavy (non-hydrogen) atoms. The van der Waals surface area contributed by atoms with Crippen molar-refractivity contribution in [2.75, 3.05) is 17.7 Å². The zero-order valence-corrected chi connectivity index (χ0v) is 13.9. The predicted octanol–water partition coefficient (Wildman–Crippen LogP) is 4.24. The van der Waals surface area contributed by atoms with Gasteiger partial charge in [-0.1, -0.05) is 13.8 Å². The molecule has 0 bridgehead atoms. The van der Waals surface area contributed by atoms with Gasteiger partial charge >= 0.3 is 6.09 Å². The lowest BCUT2D eigenvalue weighted by atomic mass is 10.1.